The molecule has 0 unspecified atom stereocenters. The molecule has 0 aliphatic rings. The molecule has 76 valence electrons. The highest BCUT2D eigenvalue weighted by molar-refractivity contribution is 5.91. The first-order chi connectivity index (χ1) is 6.74. The zero-order valence-electron chi connectivity index (χ0n) is 8.44. The van der Waals surface area contributed by atoms with Gasteiger partial charge in [0.2, 0.25) is 0 Å². The van der Waals surface area contributed by atoms with E-state index in [1.807, 2.05) is 19.1 Å². The molecule has 0 heterocycles. The van der Waals surface area contributed by atoms with E-state index in [0.29, 0.717) is 0 Å². The molecule has 1 N–H and O–H groups in total. The second-order valence-corrected chi connectivity index (χ2v) is 2.67. The van der Waals surface area contributed by atoms with E-state index in [-0.39, 0.29) is 5.78 Å². The maximum Gasteiger partial charge on any atom is 0.181 e. The average molecular weight is 192 g/mol. The van der Waals surface area contributed by atoms with Crippen molar-refractivity contribution < 1.29 is 9.90 Å². The van der Waals surface area contributed by atoms with Crippen LogP contribution in [0.25, 0.3) is 0 Å². The highest BCUT2D eigenvalue weighted by Crippen LogP contribution is 2.01. The molecule has 0 bridgehead atoms. The average Bonchev–Trinajstić information content (AvgIpc) is 2.21. The van der Waals surface area contributed by atoms with Crippen LogP contribution in [0.4, 0.5) is 0 Å². The van der Waals surface area contributed by atoms with Crippen LogP contribution in [0.5, 0.6) is 0 Å². The van der Waals surface area contributed by atoms with E-state index in [4.69, 9.17) is 5.11 Å². The Hall–Kier alpha value is -1.41. The smallest absolute Gasteiger partial charge is 0.181 e. The van der Waals surface area contributed by atoms with Crippen LogP contribution in [0.1, 0.15) is 13.3 Å². The molecular weight excluding hydrogens is 176 g/mol. The van der Waals surface area contributed by atoms with Gasteiger partial charge in [-0.25, -0.2) is 0 Å². The SMILES string of the molecule is C=C/C=C(\C=C/CC)/C=C/C(=O)CO. The molecule has 0 aliphatic heterocycles. The molecule has 0 spiro atoms. The van der Waals surface area contributed by atoms with E-state index in [0.717, 1.165) is 12.0 Å². The lowest BCUT2D eigenvalue weighted by Gasteiger charge is -1.91. The number of hydrogen-bond donors (Lipinski definition) is 1. The Kier molecular flexibility index (Phi) is 7.37. The molecule has 0 radical (unpaired) electrons. The fourth-order valence-electron chi connectivity index (χ4n) is 0.799. The Morgan fingerprint density at radius 1 is 1.36 bits per heavy atom. The van der Waals surface area contributed by atoms with Crippen LogP contribution in [-0.2, 0) is 4.79 Å². The molecule has 0 aliphatic carbocycles. The van der Waals surface area contributed by atoms with Crippen molar-refractivity contribution in [3.8, 4) is 0 Å². The van der Waals surface area contributed by atoms with Gasteiger partial charge in [0.1, 0.15) is 6.61 Å². The summed E-state index contributed by atoms with van der Waals surface area (Å²) in [5.41, 5.74) is 0.892. The Labute approximate surface area is 85.0 Å². The van der Waals surface area contributed by atoms with Gasteiger partial charge in [0, 0.05) is 0 Å². The molecule has 2 heteroatoms. The number of carbonyl (C=O) groups is 1. The topological polar surface area (TPSA) is 37.3 Å². The van der Waals surface area contributed by atoms with Crippen molar-refractivity contribution in [3.05, 3.63) is 48.6 Å². The first kappa shape index (κ1) is 12.6. The molecule has 0 saturated heterocycles. The van der Waals surface area contributed by atoms with Crippen LogP contribution in [0.3, 0.4) is 0 Å². The Balaban J connectivity index is 4.45. The number of aliphatic hydroxyl groups is 1. The third-order valence-corrected chi connectivity index (χ3v) is 1.47. The Morgan fingerprint density at radius 3 is 2.57 bits per heavy atom. The molecule has 0 aromatic heterocycles. The van der Waals surface area contributed by atoms with Gasteiger partial charge in [-0.15, -0.1) is 0 Å². The minimum Gasteiger partial charge on any atom is -0.388 e. The minimum atomic E-state index is -0.449. The van der Waals surface area contributed by atoms with Crippen molar-refractivity contribution in [2.24, 2.45) is 0 Å². The Bertz CT molecular complexity index is 270. The molecule has 0 aromatic rings. The van der Waals surface area contributed by atoms with Crippen LogP contribution in [-0.4, -0.2) is 17.5 Å². The summed E-state index contributed by atoms with van der Waals surface area (Å²) < 4.78 is 0. The first-order valence-corrected chi connectivity index (χ1v) is 4.55. The second kappa shape index (κ2) is 8.20. The molecular formula is C12H16O2. The molecule has 14 heavy (non-hydrogen) atoms. The second-order valence-electron chi connectivity index (χ2n) is 2.67. The molecule has 2 nitrogen and oxygen atoms in total. The summed E-state index contributed by atoms with van der Waals surface area (Å²) >= 11 is 0. The minimum absolute atomic E-state index is 0.301. The van der Waals surface area contributed by atoms with Gasteiger partial charge in [-0.05, 0) is 18.1 Å². The van der Waals surface area contributed by atoms with Gasteiger partial charge in [0.25, 0.3) is 0 Å². The van der Waals surface area contributed by atoms with Gasteiger partial charge in [-0.1, -0.05) is 43.9 Å². The van der Waals surface area contributed by atoms with Crippen LogP contribution < -0.4 is 0 Å². The zero-order chi connectivity index (χ0) is 10.8. The number of rotatable bonds is 6. The van der Waals surface area contributed by atoms with E-state index >= 15 is 0 Å². The number of aliphatic hydroxyl groups excluding tert-OH is 1. The van der Waals surface area contributed by atoms with Crippen molar-refractivity contribution in [2.45, 2.75) is 13.3 Å². The first-order valence-electron chi connectivity index (χ1n) is 4.55. The number of ketones is 1. The van der Waals surface area contributed by atoms with Crippen molar-refractivity contribution in [3.63, 3.8) is 0 Å². The quantitative estimate of drug-likeness (QED) is 0.517. The summed E-state index contributed by atoms with van der Waals surface area (Å²) in [7, 11) is 0. The predicted octanol–water partition coefficient (Wildman–Crippen LogP) is 2.18. The lowest BCUT2D eigenvalue weighted by molar-refractivity contribution is -0.117. The van der Waals surface area contributed by atoms with Gasteiger partial charge < -0.3 is 5.11 Å². The summed E-state index contributed by atoms with van der Waals surface area (Å²) in [6.45, 7) is 5.16. The molecule has 0 fully saturated rings. The molecule has 0 amide bonds. The number of allylic oxidation sites excluding steroid dienone is 6. The van der Waals surface area contributed by atoms with Gasteiger partial charge in [-0.3, -0.25) is 4.79 Å². The lowest BCUT2D eigenvalue weighted by Crippen LogP contribution is -1.97. The van der Waals surface area contributed by atoms with Gasteiger partial charge in [0.15, 0.2) is 5.78 Å². The highest BCUT2D eigenvalue weighted by atomic mass is 16.3. The lowest BCUT2D eigenvalue weighted by atomic mass is 10.2. The van der Waals surface area contributed by atoms with E-state index in [1.54, 1.807) is 18.2 Å². The molecule has 0 saturated carbocycles. The fourth-order valence-corrected chi connectivity index (χ4v) is 0.799. The molecule has 0 aromatic carbocycles. The predicted molar refractivity (Wildman–Crippen MR) is 58.9 cm³/mol. The standard InChI is InChI=1S/C12H16O2/c1-3-5-7-11(6-4-2)8-9-12(14)10-13/h4-9,13H,2-3,10H2,1H3/b7-5-,9-8+,11-6+. The normalized spacial score (nSPS) is 12.6. The summed E-state index contributed by atoms with van der Waals surface area (Å²) in [6.07, 6.45) is 11.3. The van der Waals surface area contributed by atoms with Crippen LogP contribution in [0.2, 0.25) is 0 Å². The fraction of sp³-hybridized carbons (Fsp3) is 0.250. The van der Waals surface area contributed by atoms with Gasteiger partial charge >= 0.3 is 0 Å². The molecule has 0 atom stereocenters. The number of hydrogen-bond acceptors (Lipinski definition) is 2. The molecule has 0 rings (SSSR count). The third kappa shape index (κ3) is 6.14. The van der Waals surface area contributed by atoms with Gasteiger partial charge in [0.05, 0.1) is 0 Å². The van der Waals surface area contributed by atoms with Crippen LogP contribution in [0.15, 0.2) is 48.6 Å². The van der Waals surface area contributed by atoms with E-state index < -0.39 is 6.61 Å². The zero-order valence-corrected chi connectivity index (χ0v) is 8.44. The van der Waals surface area contributed by atoms with Crippen molar-refractivity contribution in [2.75, 3.05) is 6.61 Å². The summed E-state index contributed by atoms with van der Waals surface area (Å²) in [5, 5.41) is 8.50. The largest absolute Gasteiger partial charge is 0.388 e. The van der Waals surface area contributed by atoms with E-state index in [1.165, 1.54) is 6.08 Å². The third-order valence-electron chi connectivity index (χ3n) is 1.47. The monoisotopic (exact) mass is 192 g/mol. The summed E-state index contributed by atoms with van der Waals surface area (Å²) in [4.78, 5) is 10.8. The van der Waals surface area contributed by atoms with Crippen LogP contribution in [0, 0.1) is 0 Å². The maximum absolute atomic E-state index is 10.8. The summed E-state index contributed by atoms with van der Waals surface area (Å²) in [6, 6.07) is 0. The summed E-state index contributed by atoms with van der Waals surface area (Å²) in [5.74, 6) is -0.301. The van der Waals surface area contributed by atoms with Crippen molar-refractivity contribution >= 4 is 5.78 Å². The van der Waals surface area contributed by atoms with Gasteiger partial charge in [-0.2, -0.15) is 0 Å². The maximum atomic E-state index is 10.8. The van der Waals surface area contributed by atoms with E-state index in [9.17, 15) is 4.79 Å². The van der Waals surface area contributed by atoms with Crippen molar-refractivity contribution in [1.29, 1.82) is 0 Å². The Morgan fingerprint density at radius 2 is 2.07 bits per heavy atom. The number of carbonyl (C=O) groups excluding carboxylic acids is 1. The van der Waals surface area contributed by atoms with Crippen molar-refractivity contribution in [1.82, 2.24) is 0 Å². The van der Waals surface area contributed by atoms with Crippen LogP contribution >= 0.6 is 0 Å². The van der Waals surface area contributed by atoms with E-state index in [2.05, 4.69) is 6.58 Å². The highest BCUT2D eigenvalue weighted by Gasteiger charge is 1.90.